The molecule has 2 aromatic rings. The normalized spacial score (nSPS) is 17.9. The highest BCUT2D eigenvalue weighted by molar-refractivity contribution is 6.42. The van der Waals surface area contributed by atoms with Gasteiger partial charge in [-0.1, -0.05) is 41.4 Å². The lowest BCUT2D eigenvalue weighted by atomic mass is 10.1. The predicted octanol–water partition coefficient (Wildman–Crippen LogP) is 4.53. The van der Waals surface area contributed by atoms with Gasteiger partial charge in [0.25, 0.3) is 0 Å². The Morgan fingerprint density at radius 1 is 1.23 bits per heavy atom. The van der Waals surface area contributed by atoms with Gasteiger partial charge in [0.1, 0.15) is 5.82 Å². The fourth-order valence-electron chi connectivity index (χ4n) is 2.85. The summed E-state index contributed by atoms with van der Waals surface area (Å²) in [6.07, 6.45) is 0.163. The topological polar surface area (TPSA) is 41.6 Å². The second-order valence-corrected chi connectivity index (χ2v) is 6.93. The van der Waals surface area contributed by atoms with Crippen molar-refractivity contribution in [1.82, 2.24) is 4.90 Å². The average molecular weight is 397 g/mol. The van der Waals surface area contributed by atoms with Crippen LogP contribution in [-0.2, 0) is 9.53 Å². The molecular formula is C19H19Cl2FN2O2. The van der Waals surface area contributed by atoms with Gasteiger partial charge in [0.05, 0.1) is 28.4 Å². The average Bonchev–Trinajstić information content (AvgIpc) is 2.64. The number of para-hydroxylation sites is 1. The number of benzene rings is 2. The van der Waals surface area contributed by atoms with E-state index in [2.05, 4.69) is 10.2 Å². The molecule has 0 saturated carbocycles. The number of hydrogen-bond acceptors (Lipinski definition) is 3. The Kier molecular flexibility index (Phi) is 6.48. The third-order valence-corrected chi connectivity index (χ3v) is 5.01. The van der Waals surface area contributed by atoms with Crippen molar-refractivity contribution in [2.75, 3.05) is 31.6 Å². The maximum atomic E-state index is 13.6. The molecule has 0 aliphatic carbocycles. The maximum Gasteiger partial charge on any atom is 0.225 e. The van der Waals surface area contributed by atoms with Crippen LogP contribution in [-0.4, -0.2) is 37.0 Å². The minimum absolute atomic E-state index is 0.117. The van der Waals surface area contributed by atoms with Crippen molar-refractivity contribution in [2.24, 2.45) is 0 Å². The minimum atomic E-state index is -0.438. The second kappa shape index (κ2) is 8.82. The van der Waals surface area contributed by atoms with Crippen LogP contribution in [0.5, 0.6) is 0 Å². The zero-order valence-electron chi connectivity index (χ0n) is 14.1. The largest absolute Gasteiger partial charge is 0.371 e. The molecule has 1 aliphatic rings. The van der Waals surface area contributed by atoms with Gasteiger partial charge in [-0.15, -0.1) is 0 Å². The summed E-state index contributed by atoms with van der Waals surface area (Å²) < 4.78 is 19.4. The molecule has 1 saturated heterocycles. The monoisotopic (exact) mass is 396 g/mol. The van der Waals surface area contributed by atoms with Crippen molar-refractivity contribution in [3.05, 3.63) is 63.9 Å². The van der Waals surface area contributed by atoms with Gasteiger partial charge in [-0.05, 0) is 29.8 Å². The lowest BCUT2D eigenvalue weighted by Gasteiger charge is -2.33. The van der Waals surface area contributed by atoms with Gasteiger partial charge in [-0.25, -0.2) is 4.39 Å². The number of ether oxygens (including phenoxy) is 1. The van der Waals surface area contributed by atoms with E-state index in [1.54, 1.807) is 24.3 Å². The van der Waals surface area contributed by atoms with E-state index in [0.29, 0.717) is 29.7 Å². The number of halogens is 3. The number of anilines is 1. The van der Waals surface area contributed by atoms with E-state index in [9.17, 15) is 9.18 Å². The molecule has 1 heterocycles. The van der Waals surface area contributed by atoms with Crippen molar-refractivity contribution >= 4 is 34.8 Å². The van der Waals surface area contributed by atoms with E-state index in [0.717, 1.165) is 12.1 Å². The molecular weight excluding hydrogens is 378 g/mol. The third-order valence-electron chi connectivity index (χ3n) is 4.27. The molecule has 1 atom stereocenters. The molecule has 0 aromatic heterocycles. The van der Waals surface area contributed by atoms with Gasteiger partial charge >= 0.3 is 0 Å². The minimum Gasteiger partial charge on any atom is -0.371 e. The summed E-state index contributed by atoms with van der Waals surface area (Å²) in [5.74, 6) is -0.653. The van der Waals surface area contributed by atoms with Crippen LogP contribution >= 0.6 is 23.2 Å². The molecule has 0 unspecified atom stereocenters. The molecule has 0 radical (unpaired) electrons. The number of nitrogens with one attached hydrogen (secondary N) is 1. The molecule has 3 rings (SSSR count). The quantitative estimate of drug-likeness (QED) is 0.806. The summed E-state index contributed by atoms with van der Waals surface area (Å²) in [5.41, 5.74) is 1.16. The first kappa shape index (κ1) is 19.1. The first-order chi connectivity index (χ1) is 12.5. The van der Waals surface area contributed by atoms with E-state index >= 15 is 0 Å². The molecule has 0 spiro atoms. The fourth-order valence-corrected chi connectivity index (χ4v) is 3.16. The van der Waals surface area contributed by atoms with Gasteiger partial charge in [-0.2, -0.15) is 0 Å². The van der Waals surface area contributed by atoms with Crippen LogP contribution in [0.1, 0.15) is 18.1 Å². The molecule has 7 heteroatoms. The first-order valence-electron chi connectivity index (χ1n) is 8.36. The van der Waals surface area contributed by atoms with E-state index in [-0.39, 0.29) is 24.1 Å². The molecule has 1 aliphatic heterocycles. The van der Waals surface area contributed by atoms with Crippen LogP contribution in [0.15, 0.2) is 42.5 Å². The molecule has 26 heavy (non-hydrogen) atoms. The lowest BCUT2D eigenvalue weighted by Crippen LogP contribution is -2.39. The van der Waals surface area contributed by atoms with Gasteiger partial charge in [0, 0.05) is 26.1 Å². The van der Waals surface area contributed by atoms with Crippen LogP contribution in [0, 0.1) is 5.82 Å². The van der Waals surface area contributed by atoms with Crippen molar-refractivity contribution in [2.45, 2.75) is 12.5 Å². The Hall–Kier alpha value is -1.66. The van der Waals surface area contributed by atoms with Crippen molar-refractivity contribution in [1.29, 1.82) is 0 Å². The van der Waals surface area contributed by atoms with E-state index in [1.165, 1.54) is 6.07 Å². The number of carbonyl (C=O) groups is 1. The smallest absolute Gasteiger partial charge is 0.225 e. The highest BCUT2D eigenvalue weighted by Gasteiger charge is 2.23. The van der Waals surface area contributed by atoms with Crippen molar-refractivity contribution in [3.63, 3.8) is 0 Å². The highest BCUT2D eigenvalue weighted by Crippen LogP contribution is 2.29. The summed E-state index contributed by atoms with van der Waals surface area (Å²) in [7, 11) is 0. The summed E-state index contributed by atoms with van der Waals surface area (Å²) in [6.45, 7) is 2.54. The third kappa shape index (κ3) is 4.95. The number of rotatable bonds is 5. The molecule has 1 N–H and O–H groups in total. The first-order valence-corrected chi connectivity index (χ1v) is 9.12. The van der Waals surface area contributed by atoms with Crippen molar-refractivity contribution in [3.8, 4) is 0 Å². The predicted molar refractivity (Wildman–Crippen MR) is 101 cm³/mol. The number of hydrogen-bond donors (Lipinski definition) is 1. The SMILES string of the molecule is O=C(CCN1CCO[C@H](c2ccc(Cl)c(Cl)c2)C1)Nc1ccccc1F. The Balaban J connectivity index is 1.52. The van der Waals surface area contributed by atoms with E-state index in [4.69, 9.17) is 27.9 Å². The second-order valence-electron chi connectivity index (χ2n) is 6.11. The van der Waals surface area contributed by atoms with Gasteiger partial charge in [0.2, 0.25) is 5.91 Å². The molecule has 1 amide bonds. The molecule has 0 bridgehead atoms. The maximum absolute atomic E-state index is 13.6. The Bertz CT molecular complexity index is 788. The van der Waals surface area contributed by atoms with Gasteiger partial charge < -0.3 is 10.1 Å². The number of nitrogens with zero attached hydrogens (tertiary/aromatic N) is 1. The number of carbonyl (C=O) groups excluding carboxylic acids is 1. The fraction of sp³-hybridized carbons (Fsp3) is 0.316. The van der Waals surface area contributed by atoms with Gasteiger partial charge in [-0.3, -0.25) is 9.69 Å². The Morgan fingerprint density at radius 3 is 2.81 bits per heavy atom. The van der Waals surface area contributed by atoms with Crippen LogP contribution in [0.4, 0.5) is 10.1 Å². The Morgan fingerprint density at radius 2 is 2.04 bits per heavy atom. The van der Waals surface area contributed by atoms with Gasteiger partial charge in [0.15, 0.2) is 0 Å². The summed E-state index contributed by atoms with van der Waals surface area (Å²) in [5, 5.41) is 3.60. The zero-order chi connectivity index (χ0) is 18.5. The Labute approximate surface area is 161 Å². The highest BCUT2D eigenvalue weighted by atomic mass is 35.5. The molecule has 1 fully saturated rings. The molecule has 4 nitrogen and oxygen atoms in total. The lowest BCUT2D eigenvalue weighted by molar-refractivity contribution is -0.117. The van der Waals surface area contributed by atoms with Crippen LogP contribution in [0.25, 0.3) is 0 Å². The summed E-state index contributed by atoms with van der Waals surface area (Å²) >= 11 is 12.0. The molecule has 2 aromatic carbocycles. The van der Waals surface area contributed by atoms with E-state index in [1.807, 2.05) is 12.1 Å². The summed E-state index contributed by atoms with van der Waals surface area (Å²) in [6, 6.07) is 11.6. The zero-order valence-corrected chi connectivity index (χ0v) is 15.6. The van der Waals surface area contributed by atoms with Crippen molar-refractivity contribution < 1.29 is 13.9 Å². The number of morpholine rings is 1. The van der Waals surface area contributed by atoms with Crippen LogP contribution < -0.4 is 5.32 Å². The molecule has 138 valence electrons. The van der Waals surface area contributed by atoms with E-state index < -0.39 is 5.82 Å². The van der Waals surface area contributed by atoms with Crippen LogP contribution in [0.3, 0.4) is 0 Å². The standard InChI is InChI=1S/C19H19Cl2FN2O2/c20-14-6-5-13(11-15(14)21)18-12-24(9-10-26-18)8-7-19(25)23-17-4-2-1-3-16(17)22/h1-6,11,18H,7-10,12H2,(H,23,25)/t18-/m0/s1. The summed E-state index contributed by atoms with van der Waals surface area (Å²) in [4.78, 5) is 14.2. The van der Waals surface area contributed by atoms with Crippen LogP contribution in [0.2, 0.25) is 10.0 Å². The number of amides is 1.